The summed E-state index contributed by atoms with van der Waals surface area (Å²) in [5.41, 5.74) is 14.5. The molecule has 0 aliphatic carbocycles. The number of ether oxygens (including phenoxy) is 1. The Labute approximate surface area is 146 Å². The number of benzene rings is 1. The van der Waals surface area contributed by atoms with Crippen LogP contribution in [0.4, 0.5) is 0 Å². The summed E-state index contributed by atoms with van der Waals surface area (Å²) in [4.78, 5) is 19.1. The van der Waals surface area contributed by atoms with E-state index in [9.17, 15) is 4.79 Å². The van der Waals surface area contributed by atoms with Gasteiger partial charge in [0.1, 0.15) is 5.75 Å². The van der Waals surface area contributed by atoms with Crippen LogP contribution < -0.4 is 16.2 Å². The zero-order valence-electron chi connectivity index (χ0n) is 14.0. The summed E-state index contributed by atoms with van der Waals surface area (Å²) in [6, 6.07) is 5.92. The van der Waals surface area contributed by atoms with Crippen molar-refractivity contribution in [2.45, 2.75) is 6.42 Å². The molecule has 134 valence electrons. The molecule has 0 bridgehead atoms. The molecule has 0 atom stereocenters. The van der Waals surface area contributed by atoms with E-state index in [0.29, 0.717) is 44.4 Å². The van der Waals surface area contributed by atoms with Gasteiger partial charge in [0, 0.05) is 44.4 Å². The normalized spacial score (nSPS) is 18.8. The minimum Gasteiger partial charge on any atom is -0.492 e. The molecule has 0 aromatic heterocycles. The second kappa shape index (κ2) is 7.43. The number of fused-ring (bicyclic) bond motifs is 1. The van der Waals surface area contributed by atoms with Crippen molar-refractivity contribution in [2.75, 3.05) is 39.3 Å². The molecule has 2 aliphatic heterocycles. The third kappa shape index (κ3) is 3.85. The number of hydrogen-bond donors (Lipinski definition) is 3. The van der Waals surface area contributed by atoms with E-state index in [2.05, 4.69) is 4.99 Å². The predicted molar refractivity (Wildman–Crippen MR) is 95.1 cm³/mol. The van der Waals surface area contributed by atoms with Crippen molar-refractivity contribution in [3.63, 3.8) is 0 Å². The first-order chi connectivity index (χ1) is 12.1. The molecular formula is C17H23N5O3. The SMILES string of the molecule is N/C=C(\N=C(/N)N1CCN(CC(=O)O)CC1)c1cccc2c1OCC2. The summed E-state index contributed by atoms with van der Waals surface area (Å²) in [7, 11) is 0. The standard InChI is InChI=1S/C17H23N5O3/c18-10-14(13-3-1-2-12-4-9-25-16(12)13)20-17(19)22-7-5-21(6-8-22)11-15(23)24/h1-3,10H,4-9,11,18H2,(H2,19,20)(H,23,24)/b14-10-. The number of carboxylic acid groups (broad SMARTS) is 1. The van der Waals surface area contributed by atoms with Gasteiger partial charge in [-0.15, -0.1) is 0 Å². The van der Waals surface area contributed by atoms with Crippen molar-refractivity contribution in [3.05, 3.63) is 35.5 Å². The topological polar surface area (TPSA) is 117 Å². The van der Waals surface area contributed by atoms with E-state index in [1.807, 2.05) is 28.0 Å². The Morgan fingerprint density at radius 3 is 2.76 bits per heavy atom. The zero-order chi connectivity index (χ0) is 17.8. The number of para-hydroxylation sites is 1. The number of carboxylic acids is 1. The summed E-state index contributed by atoms with van der Waals surface area (Å²) < 4.78 is 5.71. The first-order valence-corrected chi connectivity index (χ1v) is 8.28. The minimum atomic E-state index is -0.818. The molecule has 2 aliphatic rings. The highest BCUT2D eigenvalue weighted by Gasteiger charge is 2.22. The van der Waals surface area contributed by atoms with E-state index in [1.54, 1.807) is 0 Å². The van der Waals surface area contributed by atoms with Gasteiger partial charge in [-0.3, -0.25) is 9.69 Å². The molecule has 3 rings (SSSR count). The number of aliphatic carboxylic acids is 1. The number of piperazine rings is 1. The highest BCUT2D eigenvalue weighted by Crippen LogP contribution is 2.34. The van der Waals surface area contributed by atoms with E-state index in [4.69, 9.17) is 21.3 Å². The molecule has 0 radical (unpaired) electrons. The lowest BCUT2D eigenvalue weighted by molar-refractivity contribution is -0.138. The number of aliphatic imine (C=N–C) groups is 1. The second-order valence-corrected chi connectivity index (χ2v) is 6.07. The Kier molecular flexibility index (Phi) is 5.08. The number of rotatable bonds is 4. The van der Waals surface area contributed by atoms with Crippen LogP contribution in [0.2, 0.25) is 0 Å². The Balaban J connectivity index is 1.71. The minimum absolute atomic E-state index is 0.0479. The fraction of sp³-hybridized carbons (Fsp3) is 0.412. The van der Waals surface area contributed by atoms with E-state index in [0.717, 1.165) is 23.3 Å². The van der Waals surface area contributed by atoms with Crippen LogP contribution in [0.25, 0.3) is 5.70 Å². The zero-order valence-corrected chi connectivity index (χ0v) is 14.0. The van der Waals surface area contributed by atoms with E-state index in [-0.39, 0.29) is 6.54 Å². The van der Waals surface area contributed by atoms with Gasteiger partial charge in [-0.05, 0) is 11.6 Å². The molecule has 8 nitrogen and oxygen atoms in total. The van der Waals surface area contributed by atoms with E-state index in [1.165, 1.54) is 6.20 Å². The molecule has 1 fully saturated rings. The monoisotopic (exact) mass is 345 g/mol. The second-order valence-electron chi connectivity index (χ2n) is 6.07. The lowest BCUT2D eigenvalue weighted by Gasteiger charge is -2.34. The maximum absolute atomic E-state index is 10.8. The quantitative estimate of drug-likeness (QED) is 0.515. The van der Waals surface area contributed by atoms with Gasteiger partial charge in [-0.25, -0.2) is 4.99 Å². The van der Waals surface area contributed by atoms with Crippen LogP contribution in [0.1, 0.15) is 11.1 Å². The largest absolute Gasteiger partial charge is 0.492 e. The number of nitrogens with two attached hydrogens (primary N) is 2. The smallest absolute Gasteiger partial charge is 0.317 e. The van der Waals surface area contributed by atoms with Crippen LogP contribution in [0, 0.1) is 0 Å². The number of guanidine groups is 1. The molecule has 0 spiro atoms. The van der Waals surface area contributed by atoms with E-state index >= 15 is 0 Å². The van der Waals surface area contributed by atoms with Gasteiger partial charge >= 0.3 is 5.97 Å². The van der Waals surface area contributed by atoms with Gasteiger partial charge in [0.2, 0.25) is 0 Å². The molecule has 0 saturated carbocycles. The Hall–Kier alpha value is -2.74. The van der Waals surface area contributed by atoms with Crippen molar-refractivity contribution < 1.29 is 14.6 Å². The molecular weight excluding hydrogens is 322 g/mol. The summed E-state index contributed by atoms with van der Waals surface area (Å²) in [5, 5.41) is 8.86. The first kappa shape index (κ1) is 17.1. The molecule has 2 heterocycles. The third-order valence-electron chi connectivity index (χ3n) is 4.44. The lowest BCUT2D eigenvalue weighted by atomic mass is 10.1. The summed E-state index contributed by atoms with van der Waals surface area (Å²) in [6.45, 7) is 3.23. The van der Waals surface area contributed by atoms with Gasteiger partial charge in [-0.1, -0.05) is 12.1 Å². The van der Waals surface area contributed by atoms with Gasteiger partial charge in [0.15, 0.2) is 5.96 Å². The Morgan fingerprint density at radius 2 is 2.08 bits per heavy atom. The number of hydrogen-bond acceptors (Lipinski definition) is 5. The first-order valence-electron chi connectivity index (χ1n) is 8.28. The maximum Gasteiger partial charge on any atom is 0.317 e. The predicted octanol–water partition coefficient (Wildman–Crippen LogP) is -0.104. The van der Waals surface area contributed by atoms with Crippen LogP contribution in [0.5, 0.6) is 5.75 Å². The molecule has 5 N–H and O–H groups in total. The Morgan fingerprint density at radius 1 is 1.32 bits per heavy atom. The van der Waals surface area contributed by atoms with Crippen LogP contribution >= 0.6 is 0 Å². The fourth-order valence-electron chi connectivity index (χ4n) is 3.12. The highest BCUT2D eigenvalue weighted by atomic mass is 16.5. The van der Waals surface area contributed by atoms with Gasteiger partial charge in [0.25, 0.3) is 0 Å². The van der Waals surface area contributed by atoms with Crippen molar-refractivity contribution in [1.29, 1.82) is 0 Å². The molecule has 1 aromatic rings. The summed E-state index contributed by atoms with van der Waals surface area (Å²) in [6.07, 6.45) is 2.32. The average molecular weight is 345 g/mol. The molecule has 0 amide bonds. The number of carbonyl (C=O) groups is 1. The summed E-state index contributed by atoms with van der Waals surface area (Å²) in [5.74, 6) is 0.380. The summed E-state index contributed by atoms with van der Waals surface area (Å²) >= 11 is 0. The van der Waals surface area contributed by atoms with Crippen molar-refractivity contribution in [3.8, 4) is 5.75 Å². The number of nitrogens with zero attached hydrogens (tertiary/aromatic N) is 3. The van der Waals surface area contributed by atoms with Crippen molar-refractivity contribution in [1.82, 2.24) is 9.80 Å². The fourth-order valence-corrected chi connectivity index (χ4v) is 3.12. The molecule has 1 saturated heterocycles. The Bertz CT molecular complexity index is 708. The maximum atomic E-state index is 10.8. The van der Waals surface area contributed by atoms with Gasteiger partial charge in [-0.2, -0.15) is 0 Å². The van der Waals surface area contributed by atoms with Crippen molar-refractivity contribution in [2.24, 2.45) is 16.5 Å². The van der Waals surface area contributed by atoms with Gasteiger partial charge < -0.3 is 26.2 Å². The molecule has 1 aromatic carbocycles. The van der Waals surface area contributed by atoms with E-state index < -0.39 is 5.97 Å². The van der Waals surface area contributed by atoms with Crippen LogP contribution in [-0.2, 0) is 11.2 Å². The highest BCUT2D eigenvalue weighted by molar-refractivity contribution is 5.86. The van der Waals surface area contributed by atoms with Crippen LogP contribution in [0.15, 0.2) is 29.4 Å². The van der Waals surface area contributed by atoms with Crippen LogP contribution in [0.3, 0.4) is 0 Å². The third-order valence-corrected chi connectivity index (χ3v) is 4.44. The molecule has 25 heavy (non-hydrogen) atoms. The van der Waals surface area contributed by atoms with Crippen molar-refractivity contribution >= 4 is 17.6 Å². The lowest BCUT2D eigenvalue weighted by Crippen LogP contribution is -2.52. The molecule has 0 unspecified atom stereocenters. The molecule has 8 heteroatoms. The van der Waals surface area contributed by atoms with Gasteiger partial charge in [0.05, 0.1) is 18.8 Å². The van der Waals surface area contributed by atoms with Crippen LogP contribution in [-0.4, -0.2) is 66.2 Å². The average Bonchev–Trinajstić information content (AvgIpc) is 3.08.